The van der Waals surface area contributed by atoms with Crippen LogP contribution in [-0.2, 0) is 9.59 Å². The molecule has 0 saturated carbocycles. The monoisotopic (exact) mass is 813 g/mol. The van der Waals surface area contributed by atoms with E-state index in [1.54, 1.807) is 12.1 Å². The van der Waals surface area contributed by atoms with Crippen LogP contribution in [0, 0.1) is 5.92 Å². The van der Waals surface area contributed by atoms with Crippen molar-refractivity contribution in [3.05, 3.63) is 131 Å². The third-order valence-electron chi connectivity index (χ3n) is 12.3. The van der Waals surface area contributed by atoms with E-state index in [2.05, 4.69) is 93.2 Å². The lowest BCUT2D eigenvalue weighted by molar-refractivity contribution is -0.136. The van der Waals surface area contributed by atoms with Crippen LogP contribution in [0.3, 0.4) is 0 Å². The third-order valence-corrected chi connectivity index (χ3v) is 12.5. The van der Waals surface area contributed by atoms with Crippen LogP contribution < -0.4 is 20.3 Å². The highest BCUT2D eigenvalue weighted by Gasteiger charge is 2.45. The minimum atomic E-state index is -0.963. The van der Waals surface area contributed by atoms with Crippen LogP contribution in [0.4, 0.5) is 5.69 Å². The maximum absolute atomic E-state index is 13.4. The SMILES string of the molecule is O=C1CCC(N2C(=O)c3ccc(N4CCC[C@H](NCC5CCN(CCOc6ccc(C(=C(CCCl)c7ccccc7)c7ccccc7)cc6)CC5)C4)cc3C2=O)C(=O)N1. The molecule has 59 heavy (non-hydrogen) atoms. The maximum atomic E-state index is 13.4. The number of hydrogen-bond donors (Lipinski definition) is 2. The van der Waals surface area contributed by atoms with Gasteiger partial charge in [-0.1, -0.05) is 72.8 Å². The molecule has 306 valence electrons. The first kappa shape index (κ1) is 40.5. The molecule has 0 bridgehead atoms. The van der Waals surface area contributed by atoms with Gasteiger partial charge in [0.15, 0.2) is 0 Å². The van der Waals surface area contributed by atoms with E-state index in [9.17, 15) is 19.2 Å². The normalized spacial score (nSPS) is 20.7. The molecule has 4 heterocycles. The number of piperidine rings is 3. The van der Waals surface area contributed by atoms with Crippen LogP contribution in [0.5, 0.6) is 5.75 Å². The van der Waals surface area contributed by atoms with Gasteiger partial charge in [0.1, 0.15) is 18.4 Å². The van der Waals surface area contributed by atoms with Crippen molar-refractivity contribution < 1.29 is 23.9 Å². The van der Waals surface area contributed by atoms with Gasteiger partial charge in [-0.3, -0.25) is 34.3 Å². The van der Waals surface area contributed by atoms with Gasteiger partial charge in [0.2, 0.25) is 11.8 Å². The number of fused-ring (bicyclic) bond motifs is 1. The van der Waals surface area contributed by atoms with Gasteiger partial charge in [-0.25, -0.2) is 0 Å². The second kappa shape index (κ2) is 18.7. The molecule has 4 aromatic rings. The van der Waals surface area contributed by atoms with Crippen molar-refractivity contribution in [3.63, 3.8) is 0 Å². The molecule has 2 atom stereocenters. The van der Waals surface area contributed by atoms with Crippen molar-refractivity contribution in [1.82, 2.24) is 20.4 Å². The molecule has 0 aliphatic carbocycles. The van der Waals surface area contributed by atoms with E-state index in [1.165, 1.54) is 22.3 Å². The second-order valence-corrected chi connectivity index (χ2v) is 16.4. The van der Waals surface area contributed by atoms with Crippen molar-refractivity contribution in [1.29, 1.82) is 0 Å². The number of imide groups is 2. The number of allylic oxidation sites excluding steroid dienone is 1. The van der Waals surface area contributed by atoms with Gasteiger partial charge in [0.05, 0.1) is 11.1 Å². The fraction of sp³-hybridized carbons (Fsp3) is 0.375. The molecule has 0 radical (unpaired) electrons. The molecule has 10 nitrogen and oxygen atoms in total. The van der Waals surface area contributed by atoms with E-state index in [0.717, 1.165) is 93.3 Å². The Bertz CT molecular complexity index is 2170. The molecule has 1 unspecified atom stereocenters. The van der Waals surface area contributed by atoms with Crippen LogP contribution in [0.1, 0.15) is 82.4 Å². The van der Waals surface area contributed by atoms with Crippen LogP contribution in [0.15, 0.2) is 103 Å². The summed E-state index contributed by atoms with van der Waals surface area (Å²) in [5.74, 6) is 0.102. The number of nitrogens with one attached hydrogen (secondary N) is 2. The zero-order valence-corrected chi connectivity index (χ0v) is 34.2. The second-order valence-electron chi connectivity index (χ2n) is 16.1. The summed E-state index contributed by atoms with van der Waals surface area (Å²) in [4.78, 5) is 56.5. The fourth-order valence-corrected chi connectivity index (χ4v) is 9.25. The summed E-state index contributed by atoms with van der Waals surface area (Å²) in [5, 5.41) is 6.11. The number of carbonyl (C=O) groups excluding carboxylic acids is 4. The molecule has 4 amide bonds. The highest BCUT2D eigenvalue weighted by atomic mass is 35.5. The fourth-order valence-electron chi connectivity index (χ4n) is 9.06. The summed E-state index contributed by atoms with van der Waals surface area (Å²) < 4.78 is 6.26. The lowest BCUT2D eigenvalue weighted by Gasteiger charge is -2.37. The topological polar surface area (TPSA) is 111 Å². The number of alkyl halides is 1. The molecule has 3 fully saturated rings. The Labute approximate surface area is 351 Å². The van der Waals surface area contributed by atoms with E-state index >= 15 is 0 Å². The molecule has 3 saturated heterocycles. The van der Waals surface area contributed by atoms with Crippen LogP contribution in [-0.4, -0.2) is 97.3 Å². The highest BCUT2D eigenvalue weighted by Crippen LogP contribution is 2.36. The lowest BCUT2D eigenvalue weighted by atomic mass is 9.88. The summed E-state index contributed by atoms with van der Waals surface area (Å²) in [5.41, 5.74) is 7.45. The smallest absolute Gasteiger partial charge is 0.262 e. The number of rotatable bonds is 14. The first-order valence-corrected chi connectivity index (χ1v) is 21.6. The number of amides is 4. The van der Waals surface area contributed by atoms with Crippen LogP contribution in [0.2, 0.25) is 0 Å². The molecule has 4 aliphatic rings. The molecule has 0 spiro atoms. The van der Waals surface area contributed by atoms with Gasteiger partial charge in [-0.15, -0.1) is 11.6 Å². The average molecular weight is 814 g/mol. The van der Waals surface area contributed by atoms with Gasteiger partial charge in [-0.05, 0) is 122 Å². The van der Waals surface area contributed by atoms with E-state index in [-0.39, 0.29) is 18.7 Å². The predicted octanol–water partition coefficient (Wildman–Crippen LogP) is 7.03. The maximum Gasteiger partial charge on any atom is 0.262 e. The average Bonchev–Trinajstić information content (AvgIpc) is 3.52. The Morgan fingerprint density at radius 3 is 2.17 bits per heavy atom. The minimum absolute atomic E-state index is 0.101. The summed E-state index contributed by atoms with van der Waals surface area (Å²) in [7, 11) is 0. The van der Waals surface area contributed by atoms with Gasteiger partial charge in [0.25, 0.3) is 11.8 Å². The predicted molar refractivity (Wildman–Crippen MR) is 232 cm³/mol. The van der Waals surface area contributed by atoms with E-state index in [0.29, 0.717) is 35.6 Å². The number of benzene rings is 4. The van der Waals surface area contributed by atoms with Crippen LogP contribution in [0.25, 0.3) is 11.1 Å². The molecule has 11 heteroatoms. The largest absolute Gasteiger partial charge is 0.492 e. The van der Waals surface area contributed by atoms with Crippen LogP contribution >= 0.6 is 11.6 Å². The first-order valence-electron chi connectivity index (χ1n) is 21.1. The van der Waals surface area contributed by atoms with Crippen molar-refractivity contribution in [2.75, 3.05) is 56.7 Å². The molecular formula is C48H52ClN5O5. The third kappa shape index (κ3) is 9.30. The summed E-state index contributed by atoms with van der Waals surface area (Å²) in [6, 6.07) is 34.3. The highest BCUT2D eigenvalue weighted by molar-refractivity contribution is 6.23. The van der Waals surface area contributed by atoms with Crippen molar-refractivity contribution in [2.45, 2.75) is 57.0 Å². The van der Waals surface area contributed by atoms with Crippen molar-refractivity contribution in [3.8, 4) is 5.75 Å². The molecule has 4 aromatic carbocycles. The van der Waals surface area contributed by atoms with Gasteiger partial charge in [0, 0.05) is 43.7 Å². The minimum Gasteiger partial charge on any atom is -0.492 e. The number of likely N-dealkylation sites (tertiary alicyclic amines) is 1. The summed E-state index contributed by atoms with van der Waals surface area (Å²) in [6.45, 7) is 6.30. The Morgan fingerprint density at radius 2 is 1.46 bits per heavy atom. The zero-order chi connectivity index (χ0) is 40.7. The van der Waals surface area contributed by atoms with E-state index in [1.807, 2.05) is 18.2 Å². The van der Waals surface area contributed by atoms with Crippen molar-refractivity contribution in [2.24, 2.45) is 5.92 Å². The number of halogens is 1. The van der Waals surface area contributed by atoms with E-state index in [4.69, 9.17) is 16.3 Å². The Kier molecular flexibility index (Phi) is 12.9. The molecule has 8 rings (SSSR count). The molecular weight excluding hydrogens is 762 g/mol. The standard InChI is InChI=1S/C48H52ClN5O5/c49-24-21-40(34-8-3-1-4-9-34)45(35-10-5-2-6-11-35)36-13-16-39(17-14-36)59-29-28-52-26-22-33(23-27-52)31-50-37-12-7-25-53(32-37)38-15-18-41-42(30-38)48(58)54(47(41)57)43-19-20-44(55)51-46(43)56/h1-6,8-11,13-18,30,33,37,43,50H,7,12,19-29,31-32H2,(H,51,55,56)/t37-,43?/m0/s1. The van der Waals surface area contributed by atoms with E-state index < -0.39 is 23.8 Å². The number of hydrogen-bond acceptors (Lipinski definition) is 8. The molecule has 4 aliphatic heterocycles. The Balaban J connectivity index is 0.794. The molecule has 2 N–H and O–H groups in total. The number of anilines is 1. The van der Waals surface area contributed by atoms with Gasteiger partial charge < -0.3 is 15.0 Å². The Hall–Kier alpha value is -5.29. The van der Waals surface area contributed by atoms with Gasteiger partial charge in [-0.2, -0.15) is 0 Å². The number of nitrogens with zero attached hydrogens (tertiary/aromatic N) is 3. The van der Waals surface area contributed by atoms with Gasteiger partial charge >= 0.3 is 0 Å². The van der Waals surface area contributed by atoms with Crippen molar-refractivity contribution >= 4 is 52.1 Å². The first-order chi connectivity index (χ1) is 28.9. The zero-order valence-electron chi connectivity index (χ0n) is 33.4. The quantitative estimate of drug-likeness (QED) is 0.0795. The number of ether oxygens (including phenoxy) is 1. The lowest BCUT2D eigenvalue weighted by Crippen LogP contribution is -2.54. The summed E-state index contributed by atoms with van der Waals surface area (Å²) in [6.07, 6.45) is 5.41. The number of carbonyl (C=O) groups is 4. The Morgan fingerprint density at radius 1 is 0.763 bits per heavy atom. The molecule has 0 aromatic heterocycles. The summed E-state index contributed by atoms with van der Waals surface area (Å²) >= 11 is 6.34.